The number of aliphatic imine (C=N–C) groups is 1. The minimum atomic E-state index is 0. The third kappa shape index (κ3) is 9.42. The van der Waals surface area contributed by atoms with Crippen molar-refractivity contribution >= 4 is 41.7 Å². The maximum atomic E-state index is 4.28. The molecule has 1 rings (SSSR count). The largest absolute Gasteiger partial charge is 0.356 e. The Kier molecular flexibility index (Phi) is 13.6. The molecule has 4 nitrogen and oxygen atoms in total. The predicted molar refractivity (Wildman–Crippen MR) is 114 cm³/mol. The highest BCUT2D eigenvalue weighted by molar-refractivity contribution is 14.0. The first-order chi connectivity index (χ1) is 10.7. The van der Waals surface area contributed by atoms with Gasteiger partial charge in [-0.15, -0.1) is 35.7 Å². The van der Waals surface area contributed by atoms with Crippen LogP contribution in [0.1, 0.15) is 20.8 Å². The first-order valence-corrected chi connectivity index (χ1v) is 9.06. The van der Waals surface area contributed by atoms with Crippen molar-refractivity contribution in [1.82, 2.24) is 15.5 Å². The maximum absolute atomic E-state index is 4.28. The number of halogens is 1. The summed E-state index contributed by atoms with van der Waals surface area (Å²) in [6.45, 7) is 10.6. The van der Waals surface area contributed by atoms with E-state index in [-0.39, 0.29) is 24.0 Å². The minimum absolute atomic E-state index is 0. The number of thioether (sulfide) groups is 1. The molecule has 0 amide bonds. The normalized spacial score (nSPS) is 12.7. The Balaban J connectivity index is 0.00000484. The van der Waals surface area contributed by atoms with Crippen molar-refractivity contribution in [2.24, 2.45) is 4.99 Å². The molecule has 1 aromatic rings. The molecule has 0 aromatic heterocycles. The van der Waals surface area contributed by atoms with Gasteiger partial charge in [-0.25, -0.2) is 0 Å². The molecule has 2 N–H and O–H groups in total. The molecule has 1 aromatic carbocycles. The quantitative estimate of drug-likeness (QED) is 0.199. The zero-order chi connectivity index (χ0) is 16.2. The summed E-state index contributed by atoms with van der Waals surface area (Å²) in [5, 5.41) is 6.77. The molecule has 0 saturated carbocycles. The van der Waals surface area contributed by atoms with Crippen LogP contribution in [-0.4, -0.2) is 55.9 Å². The van der Waals surface area contributed by atoms with Gasteiger partial charge in [-0.1, -0.05) is 32.0 Å². The van der Waals surface area contributed by atoms with Gasteiger partial charge in [0.1, 0.15) is 0 Å². The molecule has 6 heteroatoms. The zero-order valence-corrected chi connectivity index (χ0v) is 17.9. The van der Waals surface area contributed by atoms with Gasteiger partial charge in [0.05, 0.1) is 0 Å². The van der Waals surface area contributed by atoms with Crippen LogP contribution in [0.3, 0.4) is 0 Å². The second-order valence-electron chi connectivity index (χ2n) is 5.11. The van der Waals surface area contributed by atoms with Crippen LogP contribution in [0.4, 0.5) is 0 Å². The van der Waals surface area contributed by atoms with Crippen LogP contribution in [0.25, 0.3) is 0 Å². The van der Waals surface area contributed by atoms with Crippen molar-refractivity contribution in [3.05, 3.63) is 30.3 Å². The van der Waals surface area contributed by atoms with Crippen LogP contribution < -0.4 is 10.6 Å². The van der Waals surface area contributed by atoms with Gasteiger partial charge in [-0.05, 0) is 32.1 Å². The lowest BCUT2D eigenvalue weighted by Gasteiger charge is -2.27. The van der Waals surface area contributed by atoms with Crippen molar-refractivity contribution in [2.45, 2.75) is 31.7 Å². The zero-order valence-electron chi connectivity index (χ0n) is 14.7. The van der Waals surface area contributed by atoms with Crippen LogP contribution in [0, 0.1) is 0 Å². The minimum Gasteiger partial charge on any atom is -0.356 e. The summed E-state index contributed by atoms with van der Waals surface area (Å²) in [5.41, 5.74) is 0. The average molecular weight is 450 g/mol. The lowest BCUT2D eigenvalue weighted by molar-refractivity contribution is 0.231. The van der Waals surface area contributed by atoms with Gasteiger partial charge in [0.25, 0.3) is 0 Å². The van der Waals surface area contributed by atoms with E-state index in [2.05, 4.69) is 65.6 Å². The van der Waals surface area contributed by atoms with E-state index in [0.717, 1.165) is 37.9 Å². The summed E-state index contributed by atoms with van der Waals surface area (Å²) in [5.74, 6) is 1.91. The van der Waals surface area contributed by atoms with Crippen LogP contribution in [-0.2, 0) is 0 Å². The first-order valence-electron chi connectivity index (χ1n) is 8.07. The Morgan fingerprint density at radius 2 is 1.83 bits per heavy atom. The van der Waals surface area contributed by atoms with Crippen molar-refractivity contribution in [2.75, 3.05) is 39.0 Å². The number of hydrogen-bond acceptors (Lipinski definition) is 3. The lowest BCUT2D eigenvalue weighted by atomic mass is 10.3. The van der Waals surface area contributed by atoms with Crippen LogP contribution in [0.5, 0.6) is 0 Å². The molecule has 0 radical (unpaired) electrons. The maximum Gasteiger partial charge on any atom is 0.191 e. The van der Waals surface area contributed by atoms with Crippen LogP contribution in [0.2, 0.25) is 0 Å². The van der Waals surface area contributed by atoms with E-state index in [1.165, 1.54) is 4.90 Å². The number of likely N-dealkylation sites (N-methyl/N-ethyl adjacent to an activating group) is 1. The van der Waals surface area contributed by atoms with Gasteiger partial charge in [-0.2, -0.15) is 0 Å². The fraction of sp³-hybridized carbons (Fsp3) is 0.588. The van der Waals surface area contributed by atoms with E-state index in [9.17, 15) is 0 Å². The Morgan fingerprint density at radius 1 is 1.17 bits per heavy atom. The topological polar surface area (TPSA) is 39.7 Å². The summed E-state index contributed by atoms with van der Waals surface area (Å²) in [6.07, 6.45) is 0. The van der Waals surface area contributed by atoms with Gasteiger partial charge in [0, 0.05) is 36.8 Å². The summed E-state index contributed by atoms with van der Waals surface area (Å²) < 4.78 is 0. The van der Waals surface area contributed by atoms with Crippen LogP contribution >= 0.6 is 35.7 Å². The smallest absolute Gasteiger partial charge is 0.191 e. The molecule has 0 saturated heterocycles. The molecule has 23 heavy (non-hydrogen) atoms. The van der Waals surface area contributed by atoms with Gasteiger partial charge >= 0.3 is 0 Å². The molecule has 0 aliphatic rings. The van der Waals surface area contributed by atoms with E-state index in [4.69, 9.17) is 0 Å². The highest BCUT2D eigenvalue weighted by Gasteiger charge is 2.10. The molecule has 0 aliphatic carbocycles. The average Bonchev–Trinajstić information content (AvgIpc) is 2.56. The number of nitrogens with one attached hydrogen (secondary N) is 2. The van der Waals surface area contributed by atoms with Crippen molar-refractivity contribution in [3.63, 3.8) is 0 Å². The van der Waals surface area contributed by atoms with Crippen molar-refractivity contribution in [3.8, 4) is 0 Å². The highest BCUT2D eigenvalue weighted by Crippen LogP contribution is 2.15. The van der Waals surface area contributed by atoms with Crippen molar-refractivity contribution < 1.29 is 0 Å². The number of benzene rings is 1. The summed E-state index contributed by atoms with van der Waals surface area (Å²) >= 11 is 1.86. The molecule has 1 atom stereocenters. The number of rotatable bonds is 9. The molecule has 0 aliphatic heterocycles. The summed E-state index contributed by atoms with van der Waals surface area (Å²) in [4.78, 5) is 8.03. The fourth-order valence-corrected chi connectivity index (χ4v) is 3.09. The Labute approximate surface area is 162 Å². The lowest BCUT2D eigenvalue weighted by Crippen LogP contribution is -2.46. The fourth-order valence-electron chi connectivity index (χ4n) is 2.30. The first kappa shape index (κ1) is 22.5. The summed E-state index contributed by atoms with van der Waals surface area (Å²) in [7, 11) is 1.82. The van der Waals surface area contributed by atoms with Crippen LogP contribution in [0.15, 0.2) is 40.2 Å². The van der Waals surface area contributed by atoms with Gasteiger partial charge in [0.2, 0.25) is 0 Å². The molecule has 0 heterocycles. The van der Waals surface area contributed by atoms with Gasteiger partial charge in [0.15, 0.2) is 5.96 Å². The molecule has 132 valence electrons. The molecular weight excluding hydrogens is 419 g/mol. The molecule has 1 unspecified atom stereocenters. The Morgan fingerprint density at radius 3 is 2.39 bits per heavy atom. The predicted octanol–water partition coefficient (Wildman–Crippen LogP) is 3.29. The Hall–Kier alpha value is -0.470. The van der Waals surface area contributed by atoms with Gasteiger partial charge in [-0.3, -0.25) is 9.89 Å². The second-order valence-corrected chi connectivity index (χ2v) is 6.28. The molecule has 0 fully saturated rings. The van der Waals surface area contributed by atoms with E-state index < -0.39 is 0 Å². The molecule has 0 bridgehead atoms. The van der Waals surface area contributed by atoms with Crippen molar-refractivity contribution in [1.29, 1.82) is 0 Å². The third-order valence-corrected chi connectivity index (χ3v) is 4.64. The standard InChI is InChI=1S/C17H30N4S.HI/c1-5-21(6-2)15(3)14-20-17(18-4)19-12-13-22-16-10-8-7-9-11-16;/h7-11,15H,5-6,12-14H2,1-4H3,(H2,18,19,20);1H. The van der Waals surface area contributed by atoms with E-state index >= 15 is 0 Å². The number of hydrogen-bond donors (Lipinski definition) is 2. The second kappa shape index (κ2) is 13.9. The summed E-state index contributed by atoms with van der Waals surface area (Å²) in [6, 6.07) is 11.0. The third-order valence-electron chi connectivity index (χ3n) is 3.63. The molecule has 0 spiro atoms. The highest BCUT2D eigenvalue weighted by atomic mass is 127. The number of nitrogens with zero attached hydrogens (tertiary/aromatic N) is 2. The monoisotopic (exact) mass is 450 g/mol. The van der Waals surface area contributed by atoms with E-state index in [1.54, 1.807) is 0 Å². The Bertz CT molecular complexity index is 424. The van der Waals surface area contributed by atoms with Gasteiger partial charge < -0.3 is 10.6 Å². The number of guanidine groups is 1. The van der Waals surface area contributed by atoms with E-state index in [1.807, 2.05) is 24.9 Å². The molecular formula is C17H31IN4S. The SMILES string of the molecule is CCN(CC)C(C)CNC(=NC)NCCSc1ccccc1.I. The van der Waals surface area contributed by atoms with E-state index in [0.29, 0.717) is 6.04 Å².